The standard InChI is InChI=1S/C19H28ClN5O2.HI/c1-2-27-19(26)23-17(14-3-4-14)13-22-18(21)25-11-9-24(10-12-25)16-7-5-15(20)6-8-16;/h5-8,14,17H,2-4,9-13H2,1H3,(H2,21,22)(H,23,26);1H. The van der Waals surface area contributed by atoms with Gasteiger partial charge in [0.1, 0.15) is 0 Å². The smallest absolute Gasteiger partial charge is 0.407 e. The van der Waals surface area contributed by atoms with Crippen LogP contribution >= 0.6 is 35.6 Å². The number of anilines is 1. The predicted molar refractivity (Wildman–Crippen MR) is 124 cm³/mol. The number of hydrogen-bond donors (Lipinski definition) is 2. The number of carbonyl (C=O) groups is 1. The lowest BCUT2D eigenvalue weighted by Crippen LogP contribution is -2.51. The van der Waals surface area contributed by atoms with Gasteiger partial charge in [0.05, 0.1) is 19.2 Å². The number of benzene rings is 1. The molecule has 0 aromatic heterocycles. The van der Waals surface area contributed by atoms with Crippen molar-refractivity contribution in [3.05, 3.63) is 29.3 Å². The summed E-state index contributed by atoms with van der Waals surface area (Å²) in [4.78, 5) is 20.6. The molecule has 1 atom stereocenters. The first-order chi connectivity index (χ1) is 13.1. The van der Waals surface area contributed by atoms with E-state index in [4.69, 9.17) is 22.1 Å². The molecule has 3 rings (SSSR count). The van der Waals surface area contributed by atoms with Crippen LogP contribution in [0.4, 0.5) is 10.5 Å². The van der Waals surface area contributed by atoms with Crippen LogP contribution in [0, 0.1) is 5.92 Å². The summed E-state index contributed by atoms with van der Waals surface area (Å²) in [5, 5.41) is 3.66. The zero-order chi connectivity index (χ0) is 19.2. The van der Waals surface area contributed by atoms with E-state index in [-0.39, 0.29) is 36.1 Å². The summed E-state index contributed by atoms with van der Waals surface area (Å²) in [5.74, 6) is 1.02. The topological polar surface area (TPSA) is 83.2 Å². The van der Waals surface area contributed by atoms with Crippen LogP contribution < -0.4 is 16.0 Å². The Balaban J connectivity index is 0.00000280. The number of nitrogens with zero attached hydrogens (tertiary/aromatic N) is 3. The van der Waals surface area contributed by atoms with Gasteiger partial charge < -0.3 is 25.6 Å². The van der Waals surface area contributed by atoms with Crippen LogP contribution in [-0.4, -0.2) is 62.3 Å². The average Bonchev–Trinajstić information content (AvgIpc) is 3.51. The first kappa shape index (κ1) is 22.9. The molecule has 3 N–H and O–H groups in total. The van der Waals surface area contributed by atoms with Crippen LogP contribution in [0.5, 0.6) is 0 Å². The minimum atomic E-state index is -0.375. The van der Waals surface area contributed by atoms with Gasteiger partial charge in [-0.05, 0) is 49.9 Å². The summed E-state index contributed by atoms with van der Waals surface area (Å²) in [5.41, 5.74) is 7.38. The molecule has 1 aliphatic carbocycles. The Morgan fingerprint density at radius 3 is 2.50 bits per heavy atom. The molecule has 0 spiro atoms. The first-order valence-electron chi connectivity index (χ1n) is 9.55. The number of rotatable bonds is 6. The third kappa shape index (κ3) is 6.58. The van der Waals surface area contributed by atoms with Gasteiger partial charge >= 0.3 is 6.09 Å². The monoisotopic (exact) mass is 521 g/mol. The number of nitrogens with one attached hydrogen (secondary N) is 1. The first-order valence-corrected chi connectivity index (χ1v) is 9.93. The molecule has 1 saturated carbocycles. The van der Waals surface area contributed by atoms with E-state index in [9.17, 15) is 4.79 Å². The van der Waals surface area contributed by atoms with Gasteiger partial charge in [-0.1, -0.05) is 11.6 Å². The number of ether oxygens (including phenoxy) is 1. The Morgan fingerprint density at radius 1 is 1.29 bits per heavy atom. The molecule has 1 aliphatic heterocycles. The molecule has 28 heavy (non-hydrogen) atoms. The number of halogens is 2. The summed E-state index contributed by atoms with van der Waals surface area (Å²) in [7, 11) is 0. The molecule has 7 nitrogen and oxygen atoms in total. The van der Waals surface area contributed by atoms with Gasteiger partial charge in [0.2, 0.25) is 0 Å². The molecule has 0 bridgehead atoms. The maximum Gasteiger partial charge on any atom is 0.407 e. The van der Waals surface area contributed by atoms with Crippen molar-refractivity contribution in [2.24, 2.45) is 16.6 Å². The van der Waals surface area contributed by atoms with Gasteiger partial charge in [-0.3, -0.25) is 4.99 Å². The number of carbonyl (C=O) groups excluding carboxylic acids is 1. The van der Waals surface area contributed by atoms with E-state index >= 15 is 0 Å². The molecular formula is C19H29ClIN5O2. The highest BCUT2D eigenvalue weighted by atomic mass is 127. The molecule has 1 aromatic carbocycles. The maximum absolute atomic E-state index is 11.7. The summed E-state index contributed by atoms with van der Waals surface area (Å²) < 4.78 is 4.98. The molecule has 2 aliphatic rings. The van der Waals surface area contributed by atoms with Gasteiger partial charge in [-0.2, -0.15) is 0 Å². The van der Waals surface area contributed by atoms with Crippen LogP contribution in [-0.2, 0) is 4.74 Å². The molecule has 1 heterocycles. The summed E-state index contributed by atoms with van der Waals surface area (Å²) in [6.07, 6.45) is 1.86. The number of aliphatic imine (C=N–C) groups is 1. The minimum absolute atomic E-state index is 0. The van der Waals surface area contributed by atoms with Crippen LogP contribution in [0.2, 0.25) is 5.02 Å². The molecule has 2 fully saturated rings. The fourth-order valence-electron chi connectivity index (χ4n) is 3.27. The number of guanidine groups is 1. The van der Waals surface area contributed by atoms with Crippen LogP contribution in [0.1, 0.15) is 19.8 Å². The van der Waals surface area contributed by atoms with Crippen LogP contribution in [0.25, 0.3) is 0 Å². The molecule has 156 valence electrons. The maximum atomic E-state index is 11.7. The Hall–Kier alpha value is -1.42. The van der Waals surface area contributed by atoms with Gasteiger partial charge in [0, 0.05) is 36.9 Å². The Labute approximate surface area is 188 Å². The van der Waals surface area contributed by atoms with Gasteiger partial charge in [-0.25, -0.2) is 4.79 Å². The number of piperazine rings is 1. The quantitative estimate of drug-likeness (QED) is 0.342. The predicted octanol–water partition coefficient (Wildman–Crippen LogP) is 2.92. The van der Waals surface area contributed by atoms with E-state index in [1.54, 1.807) is 6.92 Å². The molecule has 1 amide bonds. The summed E-state index contributed by atoms with van der Waals surface area (Å²) in [6, 6.07) is 7.90. The fraction of sp³-hybridized carbons (Fsp3) is 0.579. The lowest BCUT2D eigenvalue weighted by molar-refractivity contribution is 0.147. The van der Waals surface area contributed by atoms with Gasteiger partial charge in [-0.15, -0.1) is 24.0 Å². The highest BCUT2D eigenvalue weighted by Gasteiger charge is 2.32. The highest BCUT2D eigenvalue weighted by Crippen LogP contribution is 2.32. The van der Waals surface area contributed by atoms with E-state index in [0.717, 1.165) is 44.0 Å². The van der Waals surface area contributed by atoms with Gasteiger partial charge in [0.25, 0.3) is 0 Å². The van der Waals surface area contributed by atoms with E-state index in [0.29, 0.717) is 25.0 Å². The second-order valence-corrected chi connectivity index (χ2v) is 7.39. The Kier molecular flexibility index (Phi) is 8.94. The van der Waals surface area contributed by atoms with Crippen molar-refractivity contribution in [1.82, 2.24) is 10.2 Å². The average molecular weight is 522 g/mol. The minimum Gasteiger partial charge on any atom is -0.450 e. The lowest BCUT2D eigenvalue weighted by atomic mass is 10.2. The molecular weight excluding hydrogens is 493 g/mol. The third-order valence-corrected chi connectivity index (χ3v) is 5.27. The second-order valence-electron chi connectivity index (χ2n) is 6.96. The molecule has 0 radical (unpaired) electrons. The molecule has 9 heteroatoms. The van der Waals surface area contributed by atoms with E-state index in [1.165, 1.54) is 5.69 Å². The summed E-state index contributed by atoms with van der Waals surface area (Å²) in [6.45, 7) is 6.05. The van der Waals surface area contributed by atoms with Crippen molar-refractivity contribution in [3.63, 3.8) is 0 Å². The second kappa shape index (κ2) is 10.9. The van der Waals surface area contributed by atoms with E-state index in [2.05, 4.69) is 20.1 Å². The van der Waals surface area contributed by atoms with Crippen molar-refractivity contribution < 1.29 is 9.53 Å². The summed E-state index contributed by atoms with van der Waals surface area (Å²) >= 11 is 5.96. The van der Waals surface area contributed by atoms with Gasteiger partial charge in [0.15, 0.2) is 5.96 Å². The molecule has 1 unspecified atom stereocenters. The number of amides is 1. The third-order valence-electron chi connectivity index (χ3n) is 5.02. The molecule has 1 saturated heterocycles. The van der Waals surface area contributed by atoms with E-state index in [1.807, 2.05) is 24.3 Å². The number of nitrogens with two attached hydrogens (primary N) is 1. The SMILES string of the molecule is CCOC(=O)NC(CN=C(N)N1CCN(c2ccc(Cl)cc2)CC1)C1CC1.I. The lowest BCUT2D eigenvalue weighted by Gasteiger charge is -2.36. The number of alkyl carbamates (subject to hydrolysis) is 1. The Morgan fingerprint density at radius 2 is 1.93 bits per heavy atom. The van der Waals surface area contributed by atoms with Crippen LogP contribution in [0.15, 0.2) is 29.3 Å². The van der Waals surface area contributed by atoms with Crippen molar-refractivity contribution in [2.45, 2.75) is 25.8 Å². The molecule has 1 aromatic rings. The fourth-order valence-corrected chi connectivity index (χ4v) is 3.40. The normalized spacial score (nSPS) is 18.3. The van der Waals surface area contributed by atoms with Crippen molar-refractivity contribution in [1.29, 1.82) is 0 Å². The van der Waals surface area contributed by atoms with Crippen molar-refractivity contribution >= 4 is 53.3 Å². The Bertz CT molecular complexity index is 661. The zero-order valence-electron chi connectivity index (χ0n) is 16.1. The van der Waals surface area contributed by atoms with Crippen molar-refractivity contribution in [3.8, 4) is 0 Å². The number of hydrogen-bond acceptors (Lipinski definition) is 4. The van der Waals surface area contributed by atoms with E-state index < -0.39 is 0 Å². The zero-order valence-corrected chi connectivity index (χ0v) is 19.2. The van der Waals surface area contributed by atoms with Crippen LogP contribution in [0.3, 0.4) is 0 Å². The van der Waals surface area contributed by atoms with Crippen molar-refractivity contribution in [2.75, 3.05) is 44.2 Å². The largest absolute Gasteiger partial charge is 0.450 e. The highest BCUT2D eigenvalue weighted by molar-refractivity contribution is 14.0.